The summed E-state index contributed by atoms with van der Waals surface area (Å²) < 4.78 is 4.89. The lowest BCUT2D eigenvalue weighted by Crippen LogP contribution is -2.03. The number of rotatable bonds is 0. The first kappa shape index (κ1) is 8.31. The van der Waals surface area contributed by atoms with Gasteiger partial charge in [0.15, 0.2) is 0 Å². The molecule has 0 atom stereocenters. The standard InChI is InChI=1S/C9H14O2/c10-9-7-5-3-1-2-4-6-8-11-9/h5,7H,1-4,6,8H2/b7-5-. The molecule has 0 aromatic carbocycles. The van der Waals surface area contributed by atoms with Gasteiger partial charge in [0.25, 0.3) is 0 Å². The van der Waals surface area contributed by atoms with Crippen molar-refractivity contribution in [1.82, 2.24) is 0 Å². The number of ether oxygens (including phenoxy) is 1. The van der Waals surface area contributed by atoms with Crippen molar-refractivity contribution < 1.29 is 9.53 Å². The quantitative estimate of drug-likeness (QED) is 0.499. The second kappa shape index (κ2) is 4.94. The smallest absolute Gasteiger partial charge is 0.330 e. The van der Waals surface area contributed by atoms with Gasteiger partial charge in [-0.05, 0) is 19.3 Å². The lowest BCUT2D eigenvalue weighted by molar-refractivity contribution is -0.137. The minimum absolute atomic E-state index is 0.188. The Morgan fingerprint density at radius 2 is 2.00 bits per heavy atom. The number of allylic oxidation sites excluding steroid dienone is 1. The summed E-state index contributed by atoms with van der Waals surface area (Å²) in [6, 6.07) is 0. The van der Waals surface area contributed by atoms with E-state index >= 15 is 0 Å². The molecule has 1 rings (SSSR count). The summed E-state index contributed by atoms with van der Waals surface area (Å²) >= 11 is 0. The van der Waals surface area contributed by atoms with E-state index in [9.17, 15) is 4.79 Å². The topological polar surface area (TPSA) is 26.3 Å². The van der Waals surface area contributed by atoms with E-state index in [0.717, 1.165) is 12.8 Å². The summed E-state index contributed by atoms with van der Waals surface area (Å²) in [5.41, 5.74) is 0. The highest BCUT2D eigenvalue weighted by Crippen LogP contribution is 2.05. The highest BCUT2D eigenvalue weighted by Gasteiger charge is 1.98. The molecule has 0 aromatic heterocycles. The molecule has 0 aliphatic carbocycles. The third-order valence-electron chi connectivity index (χ3n) is 1.76. The summed E-state index contributed by atoms with van der Waals surface area (Å²) in [5.74, 6) is -0.188. The van der Waals surface area contributed by atoms with Crippen LogP contribution >= 0.6 is 0 Å². The van der Waals surface area contributed by atoms with Gasteiger partial charge in [-0.25, -0.2) is 4.79 Å². The molecule has 0 aromatic rings. The van der Waals surface area contributed by atoms with E-state index in [-0.39, 0.29) is 5.97 Å². The number of esters is 1. The molecule has 0 radical (unpaired) electrons. The Kier molecular flexibility index (Phi) is 3.73. The molecule has 11 heavy (non-hydrogen) atoms. The van der Waals surface area contributed by atoms with Crippen molar-refractivity contribution in [3.05, 3.63) is 12.2 Å². The molecule has 0 saturated carbocycles. The Bertz CT molecular complexity index is 150. The molecule has 0 spiro atoms. The fraction of sp³-hybridized carbons (Fsp3) is 0.667. The van der Waals surface area contributed by atoms with Crippen LogP contribution in [0.5, 0.6) is 0 Å². The molecule has 1 aliphatic rings. The second-order valence-corrected chi connectivity index (χ2v) is 2.77. The molecular formula is C9H14O2. The molecule has 2 nitrogen and oxygen atoms in total. The molecule has 0 bridgehead atoms. The van der Waals surface area contributed by atoms with Gasteiger partial charge in [0, 0.05) is 6.08 Å². The van der Waals surface area contributed by atoms with Gasteiger partial charge in [-0.15, -0.1) is 0 Å². The maximum absolute atomic E-state index is 10.8. The van der Waals surface area contributed by atoms with Crippen molar-refractivity contribution in [3.8, 4) is 0 Å². The highest BCUT2D eigenvalue weighted by atomic mass is 16.5. The van der Waals surface area contributed by atoms with Crippen LogP contribution < -0.4 is 0 Å². The SMILES string of the molecule is O=C1/C=C\CCCCCCO1. The van der Waals surface area contributed by atoms with Gasteiger partial charge < -0.3 is 4.74 Å². The second-order valence-electron chi connectivity index (χ2n) is 2.77. The van der Waals surface area contributed by atoms with Crippen molar-refractivity contribution in [2.45, 2.75) is 32.1 Å². The molecule has 62 valence electrons. The number of cyclic esters (lactones) is 1. The summed E-state index contributed by atoms with van der Waals surface area (Å²) in [6.45, 7) is 0.586. The van der Waals surface area contributed by atoms with Crippen LogP contribution in [-0.2, 0) is 9.53 Å². The Hall–Kier alpha value is -0.790. The van der Waals surface area contributed by atoms with Crippen molar-refractivity contribution in [1.29, 1.82) is 0 Å². The van der Waals surface area contributed by atoms with E-state index in [0.29, 0.717) is 6.61 Å². The zero-order valence-corrected chi connectivity index (χ0v) is 6.71. The van der Waals surface area contributed by atoms with E-state index in [1.54, 1.807) is 0 Å². The summed E-state index contributed by atoms with van der Waals surface area (Å²) in [7, 11) is 0. The van der Waals surface area contributed by atoms with E-state index in [4.69, 9.17) is 4.74 Å². The molecule has 0 N–H and O–H groups in total. The molecule has 0 fully saturated rings. The predicted molar refractivity (Wildman–Crippen MR) is 43.2 cm³/mol. The van der Waals surface area contributed by atoms with Crippen LogP contribution in [-0.4, -0.2) is 12.6 Å². The van der Waals surface area contributed by atoms with Gasteiger partial charge in [0.1, 0.15) is 0 Å². The van der Waals surface area contributed by atoms with E-state index < -0.39 is 0 Å². The average Bonchev–Trinajstić information content (AvgIpc) is 2.03. The first-order valence-corrected chi connectivity index (χ1v) is 4.23. The maximum atomic E-state index is 10.8. The predicted octanol–water partition coefficient (Wildman–Crippen LogP) is 2.05. The van der Waals surface area contributed by atoms with Crippen LogP contribution in [0.15, 0.2) is 12.2 Å². The van der Waals surface area contributed by atoms with Gasteiger partial charge in [0.05, 0.1) is 6.61 Å². The Morgan fingerprint density at radius 1 is 1.18 bits per heavy atom. The third-order valence-corrected chi connectivity index (χ3v) is 1.76. The molecule has 2 heteroatoms. The first-order chi connectivity index (χ1) is 5.39. The maximum Gasteiger partial charge on any atom is 0.330 e. The summed E-state index contributed by atoms with van der Waals surface area (Å²) in [5, 5.41) is 0. The van der Waals surface area contributed by atoms with Gasteiger partial charge in [0.2, 0.25) is 0 Å². The summed E-state index contributed by atoms with van der Waals surface area (Å²) in [4.78, 5) is 10.8. The Labute approximate surface area is 67.2 Å². The largest absolute Gasteiger partial charge is 0.463 e. The first-order valence-electron chi connectivity index (χ1n) is 4.23. The van der Waals surface area contributed by atoms with E-state index in [2.05, 4.69) is 0 Å². The third kappa shape index (κ3) is 3.81. The highest BCUT2D eigenvalue weighted by molar-refractivity contribution is 5.81. The number of hydrogen-bond acceptors (Lipinski definition) is 2. The molecule has 0 unspecified atom stereocenters. The van der Waals surface area contributed by atoms with Crippen molar-refractivity contribution in [3.63, 3.8) is 0 Å². The van der Waals surface area contributed by atoms with Gasteiger partial charge >= 0.3 is 5.97 Å². The van der Waals surface area contributed by atoms with Crippen molar-refractivity contribution in [2.75, 3.05) is 6.61 Å². The van der Waals surface area contributed by atoms with Gasteiger partial charge in [-0.1, -0.05) is 18.9 Å². The lowest BCUT2D eigenvalue weighted by Gasteiger charge is -2.03. The molecule has 0 saturated heterocycles. The van der Waals surface area contributed by atoms with Crippen molar-refractivity contribution >= 4 is 5.97 Å². The Balaban J connectivity index is 2.32. The number of carbonyl (C=O) groups excluding carboxylic acids is 1. The molecule has 1 aliphatic heterocycles. The average molecular weight is 154 g/mol. The van der Waals surface area contributed by atoms with Crippen molar-refractivity contribution in [2.24, 2.45) is 0 Å². The number of hydrogen-bond donors (Lipinski definition) is 0. The summed E-state index contributed by atoms with van der Waals surface area (Å²) in [6.07, 6.45) is 9.08. The zero-order chi connectivity index (χ0) is 7.94. The fourth-order valence-corrected chi connectivity index (χ4v) is 1.12. The van der Waals surface area contributed by atoms with E-state index in [1.807, 2.05) is 6.08 Å². The lowest BCUT2D eigenvalue weighted by atomic mass is 10.1. The molecule has 1 heterocycles. The van der Waals surface area contributed by atoms with Crippen LogP contribution in [0.3, 0.4) is 0 Å². The van der Waals surface area contributed by atoms with Crippen LogP contribution in [0.2, 0.25) is 0 Å². The van der Waals surface area contributed by atoms with Gasteiger partial charge in [-0.2, -0.15) is 0 Å². The Morgan fingerprint density at radius 3 is 2.91 bits per heavy atom. The van der Waals surface area contributed by atoms with Crippen LogP contribution in [0.4, 0.5) is 0 Å². The minimum atomic E-state index is -0.188. The van der Waals surface area contributed by atoms with Gasteiger partial charge in [-0.3, -0.25) is 0 Å². The fourth-order valence-electron chi connectivity index (χ4n) is 1.12. The zero-order valence-electron chi connectivity index (χ0n) is 6.71. The molecular weight excluding hydrogens is 140 g/mol. The minimum Gasteiger partial charge on any atom is -0.463 e. The number of carbonyl (C=O) groups is 1. The van der Waals surface area contributed by atoms with Crippen LogP contribution in [0.1, 0.15) is 32.1 Å². The normalized spacial score (nSPS) is 23.8. The molecule has 0 amide bonds. The van der Waals surface area contributed by atoms with Crippen LogP contribution in [0.25, 0.3) is 0 Å². The van der Waals surface area contributed by atoms with Crippen LogP contribution in [0, 0.1) is 0 Å². The van der Waals surface area contributed by atoms with E-state index in [1.165, 1.54) is 25.3 Å². The monoisotopic (exact) mass is 154 g/mol.